The van der Waals surface area contributed by atoms with E-state index in [0.29, 0.717) is 36.3 Å². The van der Waals surface area contributed by atoms with E-state index in [4.69, 9.17) is 9.15 Å². The summed E-state index contributed by atoms with van der Waals surface area (Å²) in [5.41, 5.74) is 1.09. The maximum absolute atomic E-state index is 12.9. The summed E-state index contributed by atoms with van der Waals surface area (Å²) >= 11 is 0. The predicted octanol–water partition coefficient (Wildman–Crippen LogP) is 3.52. The molecule has 1 aliphatic rings. The first kappa shape index (κ1) is 24.2. The highest BCUT2D eigenvalue weighted by atomic mass is 16.6. The molecule has 2 N–H and O–H groups in total. The summed E-state index contributed by atoms with van der Waals surface area (Å²) in [5.74, 6) is -0.156. The molecule has 2 amide bonds. The largest absolute Gasteiger partial charge is 0.444 e. The maximum atomic E-state index is 12.9. The zero-order valence-electron chi connectivity index (χ0n) is 20.3. The molecule has 1 saturated heterocycles. The number of rotatable bonds is 5. The van der Waals surface area contributed by atoms with Gasteiger partial charge in [0, 0.05) is 31.2 Å². The van der Waals surface area contributed by atoms with Gasteiger partial charge in [0.25, 0.3) is 0 Å². The lowest BCUT2D eigenvalue weighted by Gasteiger charge is -2.23. The standard InChI is InChI=1S/C25H29N5O5/c1-15-17(29-24(33)35-25(2,3)4)7-8-18-20(15)22(32)34-23(28-18)30-13-5-6-19(30)21(31)27-14-16-9-11-26-12-10-16/h7-12,19H,5-6,13-14H2,1-4H3,(H,27,31)(H,29,33)/t19-/m0/s1. The number of carbonyl (C=O) groups excluding carboxylic acids is 2. The molecule has 1 aromatic carbocycles. The van der Waals surface area contributed by atoms with Gasteiger partial charge in [-0.25, -0.2) is 9.59 Å². The fraction of sp³-hybridized carbons (Fsp3) is 0.400. The Morgan fingerprint density at radius 1 is 1.20 bits per heavy atom. The van der Waals surface area contributed by atoms with Crippen molar-refractivity contribution in [3.63, 3.8) is 0 Å². The van der Waals surface area contributed by atoms with E-state index in [0.717, 1.165) is 12.0 Å². The van der Waals surface area contributed by atoms with E-state index in [9.17, 15) is 14.4 Å². The van der Waals surface area contributed by atoms with Gasteiger partial charge in [-0.1, -0.05) is 0 Å². The number of hydrogen-bond acceptors (Lipinski definition) is 8. The van der Waals surface area contributed by atoms with Gasteiger partial charge in [0.15, 0.2) is 0 Å². The Hall–Kier alpha value is -3.95. The number of fused-ring (bicyclic) bond motifs is 1. The third kappa shape index (κ3) is 5.59. The Kier molecular flexibility index (Phi) is 6.72. The third-order valence-electron chi connectivity index (χ3n) is 5.70. The summed E-state index contributed by atoms with van der Waals surface area (Å²) in [7, 11) is 0. The number of amides is 2. The molecule has 1 atom stereocenters. The number of aromatic nitrogens is 2. The number of nitrogens with zero attached hydrogens (tertiary/aromatic N) is 3. The number of ether oxygens (including phenoxy) is 1. The molecular formula is C25H29N5O5. The van der Waals surface area contributed by atoms with Gasteiger partial charge in [0.2, 0.25) is 5.91 Å². The van der Waals surface area contributed by atoms with Crippen LogP contribution < -0.4 is 21.2 Å². The first-order chi connectivity index (χ1) is 16.6. The van der Waals surface area contributed by atoms with Crippen LogP contribution in [0.15, 0.2) is 45.9 Å². The minimum atomic E-state index is -0.652. The Balaban J connectivity index is 1.55. The third-order valence-corrected chi connectivity index (χ3v) is 5.70. The van der Waals surface area contributed by atoms with Crippen LogP contribution in [0, 0.1) is 6.92 Å². The summed E-state index contributed by atoms with van der Waals surface area (Å²) in [5, 5.41) is 5.87. The molecule has 10 nitrogen and oxygen atoms in total. The molecule has 35 heavy (non-hydrogen) atoms. The number of nitrogens with one attached hydrogen (secondary N) is 2. The molecule has 3 heterocycles. The molecule has 4 rings (SSSR count). The van der Waals surface area contributed by atoms with Gasteiger partial charge in [0.1, 0.15) is 11.6 Å². The fourth-order valence-electron chi connectivity index (χ4n) is 4.06. The lowest BCUT2D eigenvalue weighted by molar-refractivity contribution is -0.122. The topological polar surface area (TPSA) is 127 Å². The molecule has 184 valence electrons. The van der Waals surface area contributed by atoms with Gasteiger partial charge >= 0.3 is 17.7 Å². The van der Waals surface area contributed by atoms with Crippen molar-refractivity contribution in [1.29, 1.82) is 0 Å². The fourth-order valence-corrected chi connectivity index (χ4v) is 4.06. The monoisotopic (exact) mass is 479 g/mol. The van der Waals surface area contributed by atoms with Crippen LogP contribution in [0.1, 0.15) is 44.7 Å². The van der Waals surface area contributed by atoms with Gasteiger partial charge in [-0.2, -0.15) is 4.98 Å². The predicted molar refractivity (Wildman–Crippen MR) is 131 cm³/mol. The Morgan fingerprint density at radius 2 is 1.94 bits per heavy atom. The number of hydrogen-bond donors (Lipinski definition) is 2. The van der Waals surface area contributed by atoms with Crippen molar-refractivity contribution in [2.24, 2.45) is 0 Å². The van der Waals surface area contributed by atoms with Gasteiger partial charge in [-0.15, -0.1) is 0 Å². The Morgan fingerprint density at radius 3 is 2.66 bits per heavy atom. The molecule has 10 heteroatoms. The van der Waals surface area contributed by atoms with Crippen LogP contribution in [0.5, 0.6) is 0 Å². The SMILES string of the molecule is Cc1c(NC(=O)OC(C)(C)C)ccc2nc(N3CCC[C@H]3C(=O)NCc3ccncc3)oc(=O)c12. The molecule has 0 radical (unpaired) electrons. The van der Waals surface area contributed by atoms with E-state index in [-0.39, 0.29) is 17.3 Å². The minimum absolute atomic E-state index is 0.108. The molecule has 0 bridgehead atoms. The van der Waals surface area contributed by atoms with Crippen LogP contribution in [0.4, 0.5) is 16.5 Å². The summed E-state index contributed by atoms with van der Waals surface area (Å²) < 4.78 is 10.9. The molecule has 1 aliphatic heterocycles. The molecule has 0 aliphatic carbocycles. The van der Waals surface area contributed by atoms with Crippen LogP contribution in [0.3, 0.4) is 0 Å². The highest BCUT2D eigenvalue weighted by Crippen LogP contribution is 2.28. The normalized spacial score (nSPS) is 15.8. The maximum Gasteiger partial charge on any atom is 0.412 e. The van der Waals surface area contributed by atoms with Crippen LogP contribution in [-0.2, 0) is 16.1 Å². The molecule has 1 fully saturated rings. The van der Waals surface area contributed by atoms with Gasteiger partial charge < -0.3 is 19.4 Å². The molecule has 0 saturated carbocycles. The average Bonchev–Trinajstić information content (AvgIpc) is 3.29. The van der Waals surface area contributed by atoms with Crippen LogP contribution >= 0.6 is 0 Å². The molecule has 0 unspecified atom stereocenters. The molecule has 0 spiro atoms. The van der Waals surface area contributed by atoms with Crippen molar-refractivity contribution in [3.05, 3.63) is 58.2 Å². The van der Waals surface area contributed by atoms with E-state index in [1.165, 1.54) is 0 Å². The van der Waals surface area contributed by atoms with E-state index in [1.807, 2.05) is 12.1 Å². The van der Waals surface area contributed by atoms with E-state index >= 15 is 0 Å². The van der Waals surface area contributed by atoms with Gasteiger partial charge in [-0.3, -0.25) is 15.1 Å². The van der Waals surface area contributed by atoms with Crippen molar-refractivity contribution in [3.8, 4) is 0 Å². The number of carbonyl (C=O) groups is 2. The first-order valence-electron chi connectivity index (χ1n) is 11.5. The number of aryl methyl sites for hydroxylation is 1. The summed E-state index contributed by atoms with van der Waals surface area (Å²) in [6.45, 7) is 7.94. The number of anilines is 2. The van der Waals surface area contributed by atoms with Crippen LogP contribution in [0.2, 0.25) is 0 Å². The first-order valence-corrected chi connectivity index (χ1v) is 11.5. The Bertz CT molecular complexity index is 1300. The van der Waals surface area contributed by atoms with Gasteiger partial charge in [0.05, 0.1) is 10.9 Å². The quantitative estimate of drug-likeness (QED) is 0.569. The number of pyridine rings is 1. The highest BCUT2D eigenvalue weighted by molar-refractivity contribution is 5.93. The molecular weight excluding hydrogens is 450 g/mol. The van der Waals surface area contributed by atoms with E-state index in [1.54, 1.807) is 57.1 Å². The van der Waals surface area contributed by atoms with E-state index in [2.05, 4.69) is 20.6 Å². The highest BCUT2D eigenvalue weighted by Gasteiger charge is 2.33. The average molecular weight is 480 g/mol. The summed E-state index contributed by atoms with van der Waals surface area (Å²) in [4.78, 5) is 48.2. The van der Waals surface area contributed by atoms with Crippen LogP contribution in [0.25, 0.3) is 10.9 Å². The second kappa shape index (κ2) is 9.73. The summed E-state index contributed by atoms with van der Waals surface area (Å²) in [6, 6.07) is 6.61. The van der Waals surface area contributed by atoms with Crippen molar-refractivity contribution >= 4 is 34.6 Å². The second-order valence-corrected chi connectivity index (χ2v) is 9.47. The van der Waals surface area contributed by atoms with Crippen molar-refractivity contribution in [1.82, 2.24) is 15.3 Å². The Labute approximate surface area is 202 Å². The smallest absolute Gasteiger partial charge is 0.412 e. The lowest BCUT2D eigenvalue weighted by Crippen LogP contribution is -2.43. The van der Waals surface area contributed by atoms with Gasteiger partial charge in [-0.05, 0) is 75.9 Å². The van der Waals surface area contributed by atoms with Crippen molar-refractivity contribution < 1.29 is 18.7 Å². The number of benzene rings is 1. The zero-order chi connectivity index (χ0) is 25.2. The summed E-state index contributed by atoms with van der Waals surface area (Å²) in [6.07, 6.45) is 4.13. The minimum Gasteiger partial charge on any atom is -0.444 e. The van der Waals surface area contributed by atoms with Crippen molar-refractivity contribution in [2.45, 2.75) is 58.7 Å². The molecule has 3 aromatic rings. The molecule has 2 aromatic heterocycles. The lowest BCUT2D eigenvalue weighted by atomic mass is 10.1. The van der Waals surface area contributed by atoms with E-state index < -0.39 is 23.4 Å². The second-order valence-electron chi connectivity index (χ2n) is 9.47. The van der Waals surface area contributed by atoms with Crippen LogP contribution in [-0.4, -0.2) is 40.2 Å². The zero-order valence-corrected chi connectivity index (χ0v) is 20.3. The van der Waals surface area contributed by atoms with Crippen molar-refractivity contribution in [2.75, 3.05) is 16.8 Å².